The average Bonchev–Trinajstić information content (AvgIpc) is 2.90. The van der Waals surface area contributed by atoms with Gasteiger partial charge in [0.1, 0.15) is 10.8 Å². The SMILES string of the molecule is O=C(Cc1ccccc1)Nc1nn(Cc2ccc(F)cc2)cc1Cl. The van der Waals surface area contributed by atoms with E-state index in [0.29, 0.717) is 17.4 Å². The number of nitrogens with zero attached hydrogens (tertiary/aromatic N) is 2. The maximum Gasteiger partial charge on any atom is 0.230 e. The lowest BCUT2D eigenvalue weighted by Gasteiger charge is -2.03. The second-order valence-corrected chi connectivity index (χ2v) is 5.77. The largest absolute Gasteiger partial charge is 0.308 e. The highest BCUT2D eigenvalue weighted by Gasteiger charge is 2.11. The van der Waals surface area contributed by atoms with E-state index < -0.39 is 0 Å². The van der Waals surface area contributed by atoms with E-state index in [0.717, 1.165) is 11.1 Å². The lowest BCUT2D eigenvalue weighted by molar-refractivity contribution is -0.115. The molecule has 0 bridgehead atoms. The van der Waals surface area contributed by atoms with Gasteiger partial charge in [0.25, 0.3) is 0 Å². The van der Waals surface area contributed by atoms with Crippen LogP contribution in [-0.4, -0.2) is 15.7 Å². The van der Waals surface area contributed by atoms with E-state index in [-0.39, 0.29) is 18.1 Å². The number of halogens is 2. The Kier molecular flexibility index (Phi) is 4.91. The number of anilines is 1. The molecule has 0 radical (unpaired) electrons. The highest BCUT2D eigenvalue weighted by Crippen LogP contribution is 2.20. The molecular weight excluding hydrogens is 329 g/mol. The van der Waals surface area contributed by atoms with Crippen LogP contribution in [0.1, 0.15) is 11.1 Å². The van der Waals surface area contributed by atoms with Gasteiger partial charge in [-0.1, -0.05) is 54.1 Å². The number of nitrogens with one attached hydrogen (secondary N) is 1. The first-order valence-corrected chi connectivity index (χ1v) is 7.79. The van der Waals surface area contributed by atoms with Crippen molar-refractivity contribution < 1.29 is 9.18 Å². The quantitative estimate of drug-likeness (QED) is 0.763. The van der Waals surface area contributed by atoms with Gasteiger partial charge in [-0.15, -0.1) is 0 Å². The molecule has 0 aliphatic carbocycles. The number of amides is 1. The Morgan fingerprint density at radius 1 is 1.08 bits per heavy atom. The van der Waals surface area contributed by atoms with Crippen molar-refractivity contribution in [3.8, 4) is 0 Å². The lowest BCUT2D eigenvalue weighted by Crippen LogP contribution is -2.15. The third kappa shape index (κ3) is 4.20. The van der Waals surface area contributed by atoms with Crippen LogP contribution in [0.25, 0.3) is 0 Å². The van der Waals surface area contributed by atoms with E-state index in [1.807, 2.05) is 30.3 Å². The number of benzene rings is 2. The topological polar surface area (TPSA) is 46.9 Å². The van der Waals surface area contributed by atoms with Gasteiger partial charge in [0, 0.05) is 6.20 Å². The predicted octanol–water partition coefficient (Wildman–Crippen LogP) is 3.91. The molecule has 3 rings (SSSR count). The average molecular weight is 344 g/mol. The molecule has 0 atom stereocenters. The molecule has 4 nitrogen and oxygen atoms in total. The summed E-state index contributed by atoms with van der Waals surface area (Å²) in [6.45, 7) is 0.439. The summed E-state index contributed by atoms with van der Waals surface area (Å²) in [6.07, 6.45) is 1.88. The fraction of sp³-hybridized carbons (Fsp3) is 0.111. The summed E-state index contributed by atoms with van der Waals surface area (Å²) >= 11 is 6.13. The zero-order chi connectivity index (χ0) is 16.9. The highest BCUT2D eigenvalue weighted by atomic mass is 35.5. The van der Waals surface area contributed by atoms with Gasteiger partial charge in [0.2, 0.25) is 5.91 Å². The molecule has 24 heavy (non-hydrogen) atoms. The van der Waals surface area contributed by atoms with E-state index in [9.17, 15) is 9.18 Å². The van der Waals surface area contributed by atoms with Crippen molar-refractivity contribution in [3.05, 3.63) is 82.8 Å². The lowest BCUT2D eigenvalue weighted by atomic mass is 10.1. The van der Waals surface area contributed by atoms with E-state index in [4.69, 9.17) is 11.6 Å². The summed E-state index contributed by atoms with van der Waals surface area (Å²) < 4.78 is 14.5. The number of carbonyl (C=O) groups excluding carboxylic acids is 1. The first-order chi connectivity index (χ1) is 11.6. The highest BCUT2D eigenvalue weighted by molar-refractivity contribution is 6.33. The monoisotopic (exact) mass is 343 g/mol. The van der Waals surface area contributed by atoms with Crippen LogP contribution in [0.5, 0.6) is 0 Å². The van der Waals surface area contributed by atoms with Crippen molar-refractivity contribution in [2.24, 2.45) is 0 Å². The summed E-state index contributed by atoms with van der Waals surface area (Å²) in [6, 6.07) is 15.6. The molecule has 0 saturated heterocycles. The Labute approximate surface area is 143 Å². The first-order valence-electron chi connectivity index (χ1n) is 7.41. The number of rotatable bonds is 5. The standard InChI is InChI=1S/C18H15ClFN3O/c19-16-12-23(11-14-6-8-15(20)9-7-14)22-18(16)21-17(24)10-13-4-2-1-3-5-13/h1-9,12H,10-11H2,(H,21,22,24). The molecule has 1 aromatic heterocycles. The Morgan fingerprint density at radius 3 is 2.50 bits per heavy atom. The smallest absolute Gasteiger partial charge is 0.230 e. The van der Waals surface area contributed by atoms with E-state index in [2.05, 4.69) is 10.4 Å². The second-order valence-electron chi connectivity index (χ2n) is 5.36. The summed E-state index contributed by atoms with van der Waals surface area (Å²) in [5, 5.41) is 7.34. The molecule has 0 saturated carbocycles. The fourth-order valence-corrected chi connectivity index (χ4v) is 2.49. The molecule has 0 unspecified atom stereocenters. The molecule has 1 heterocycles. The van der Waals surface area contributed by atoms with Crippen LogP contribution in [0.2, 0.25) is 5.02 Å². The number of hydrogen-bond acceptors (Lipinski definition) is 2. The third-order valence-corrected chi connectivity index (χ3v) is 3.72. The van der Waals surface area contributed by atoms with Gasteiger partial charge in [0.15, 0.2) is 5.82 Å². The summed E-state index contributed by atoms with van der Waals surface area (Å²) in [7, 11) is 0. The fourth-order valence-electron chi connectivity index (χ4n) is 2.30. The van der Waals surface area contributed by atoms with Crippen LogP contribution in [0, 0.1) is 5.82 Å². The number of carbonyl (C=O) groups is 1. The van der Waals surface area contributed by atoms with Gasteiger partial charge in [0.05, 0.1) is 13.0 Å². The van der Waals surface area contributed by atoms with Gasteiger partial charge >= 0.3 is 0 Å². The molecule has 2 aromatic carbocycles. The molecule has 0 aliphatic rings. The second kappa shape index (κ2) is 7.27. The minimum absolute atomic E-state index is 0.185. The van der Waals surface area contributed by atoms with Gasteiger partial charge in [-0.3, -0.25) is 9.48 Å². The summed E-state index contributed by atoms with van der Waals surface area (Å²) in [5.41, 5.74) is 1.80. The van der Waals surface area contributed by atoms with Gasteiger partial charge in [-0.2, -0.15) is 5.10 Å². The molecule has 6 heteroatoms. The molecular formula is C18H15ClFN3O. The minimum atomic E-state index is -0.286. The summed E-state index contributed by atoms with van der Waals surface area (Å²) in [5.74, 6) is -0.152. The third-order valence-electron chi connectivity index (χ3n) is 3.44. The Bertz CT molecular complexity index is 831. The van der Waals surface area contributed by atoms with Gasteiger partial charge < -0.3 is 5.32 Å². The van der Waals surface area contributed by atoms with Crippen LogP contribution in [0.15, 0.2) is 60.8 Å². The van der Waals surface area contributed by atoms with Crippen LogP contribution < -0.4 is 5.32 Å². The Morgan fingerprint density at radius 2 is 1.79 bits per heavy atom. The number of hydrogen-bond donors (Lipinski definition) is 1. The summed E-state index contributed by atoms with van der Waals surface area (Å²) in [4.78, 5) is 12.1. The van der Waals surface area contributed by atoms with Crippen molar-refractivity contribution in [1.82, 2.24) is 9.78 Å². The molecule has 122 valence electrons. The minimum Gasteiger partial charge on any atom is -0.308 e. The Balaban J connectivity index is 1.65. The van der Waals surface area contributed by atoms with E-state index in [1.54, 1.807) is 23.0 Å². The zero-order valence-electron chi connectivity index (χ0n) is 12.7. The van der Waals surface area contributed by atoms with Crippen LogP contribution >= 0.6 is 11.6 Å². The molecule has 1 amide bonds. The van der Waals surface area contributed by atoms with E-state index in [1.165, 1.54) is 12.1 Å². The maximum atomic E-state index is 12.9. The van der Waals surface area contributed by atoms with Crippen molar-refractivity contribution in [3.63, 3.8) is 0 Å². The molecule has 0 aliphatic heterocycles. The van der Waals surface area contributed by atoms with Crippen molar-refractivity contribution >= 4 is 23.3 Å². The van der Waals surface area contributed by atoms with E-state index >= 15 is 0 Å². The Hall–Kier alpha value is -2.66. The predicted molar refractivity (Wildman–Crippen MR) is 91.5 cm³/mol. The number of aromatic nitrogens is 2. The molecule has 1 N–H and O–H groups in total. The van der Waals surface area contributed by atoms with Crippen molar-refractivity contribution in [2.75, 3.05) is 5.32 Å². The first kappa shape index (κ1) is 16.2. The van der Waals surface area contributed by atoms with Crippen LogP contribution in [0.3, 0.4) is 0 Å². The normalized spacial score (nSPS) is 10.6. The zero-order valence-corrected chi connectivity index (χ0v) is 13.5. The molecule has 0 spiro atoms. The van der Waals surface area contributed by atoms with Crippen LogP contribution in [-0.2, 0) is 17.8 Å². The maximum absolute atomic E-state index is 12.9. The van der Waals surface area contributed by atoms with Crippen LogP contribution in [0.4, 0.5) is 10.2 Å². The van der Waals surface area contributed by atoms with Crippen molar-refractivity contribution in [2.45, 2.75) is 13.0 Å². The van der Waals surface area contributed by atoms with Gasteiger partial charge in [-0.05, 0) is 23.3 Å². The van der Waals surface area contributed by atoms with Crippen molar-refractivity contribution in [1.29, 1.82) is 0 Å². The molecule has 3 aromatic rings. The molecule has 0 fully saturated rings. The van der Waals surface area contributed by atoms with Gasteiger partial charge in [-0.25, -0.2) is 4.39 Å².